The Balaban J connectivity index is 1.71. The lowest BCUT2D eigenvalue weighted by atomic mass is 9.94. The maximum atomic E-state index is 13.1. The zero-order valence-corrected chi connectivity index (χ0v) is 20.2. The summed E-state index contributed by atoms with van der Waals surface area (Å²) >= 11 is 5.24. The predicted molar refractivity (Wildman–Crippen MR) is 138 cm³/mol. The van der Waals surface area contributed by atoms with E-state index in [9.17, 15) is 13.2 Å². The third kappa shape index (κ3) is 5.71. The Morgan fingerprint density at radius 3 is 2.33 bits per heavy atom. The molecule has 170 valence electrons. The second kappa shape index (κ2) is 10.5. The van der Waals surface area contributed by atoms with Crippen molar-refractivity contribution in [3.8, 4) is 5.75 Å². The molecule has 0 atom stereocenters. The number of carbonyl (C=O) groups excluding carboxylic acids is 1. The molecule has 7 nitrogen and oxygen atoms in total. The van der Waals surface area contributed by atoms with Gasteiger partial charge in [-0.2, -0.15) is 0 Å². The Bertz CT molecular complexity index is 1250. The number of anilines is 2. The van der Waals surface area contributed by atoms with Gasteiger partial charge < -0.3 is 10.1 Å². The molecule has 0 aliphatic heterocycles. The molecule has 0 aromatic heterocycles. The van der Waals surface area contributed by atoms with Crippen LogP contribution in [0.1, 0.15) is 17.3 Å². The molecule has 3 aromatic carbocycles. The smallest absolute Gasteiger partial charge is 0.264 e. The Labute approximate surface area is 200 Å². The standard InChI is InChI=1S/C23H24BN3O4S2/c1-3-27(18-7-5-4-6-8-18)33(29,30)19-12-10-17(11-13-19)25-23(32)26-22(28)20-15-16(24)9-14-21(20)31-2/h4-15H,3,24H2,1-2H3,(H2,25,26,28,32). The van der Waals surface area contributed by atoms with E-state index < -0.39 is 15.9 Å². The minimum atomic E-state index is -3.73. The summed E-state index contributed by atoms with van der Waals surface area (Å²) in [5, 5.41) is 5.60. The Morgan fingerprint density at radius 1 is 1.06 bits per heavy atom. The van der Waals surface area contributed by atoms with E-state index in [0.717, 1.165) is 5.46 Å². The van der Waals surface area contributed by atoms with E-state index in [0.29, 0.717) is 29.2 Å². The fourth-order valence-electron chi connectivity index (χ4n) is 3.26. The minimum absolute atomic E-state index is 0.0821. The molecular weight excluding hydrogens is 457 g/mol. The van der Waals surface area contributed by atoms with Crippen LogP contribution in [0, 0.1) is 0 Å². The molecule has 0 bridgehead atoms. The highest BCUT2D eigenvalue weighted by molar-refractivity contribution is 7.92. The molecule has 0 heterocycles. The van der Waals surface area contributed by atoms with Crippen molar-refractivity contribution in [1.82, 2.24) is 5.32 Å². The average Bonchev–Trinajstić information content (AvgIpc) is 2.80. The van der Waals surface area contributed by atoms with E-state index >= 15 is 0 Å². The molecule has 33 heavy (non-hydrogen) atoms. The SMILES string of the molecule is Bc1ccc(OC)c(C(=O)NC(=S)Nc2ccc(S(=O)(=O)N(CC)c3ccccc3)cc2)c1. The molecule has 10 heteroatoms. The number of thiocarbonyl (C=S) groups is 1. The molecular formula is C23H24BN3O4S2. The zero-order valence-electron chi connectivity index (χ0n) is 18.5. The van der Waals surface area contributed by atoms with Gasteiger partial charge in [-0.25, -0.2) is 8.42 Å². The molecule has 0 radical (unpaired) electrons. The van der Waals surface area contributed by atoms with Crippen LogP contribution in [0.5, 0.6) is 5.75 Å². The monoisotopic (exact) mass is 481 g/mol. The summed E-state index contributed by atoms with van der Waals surface area (Å²) in [6.45, 7) is 2.08. The van der Waals surface area contributed by atoms with Gasteiger partial charge in [0, 0.05) is 12.2 Å². The third-order valence-electron chi connectivity index (χ3n) is 4.86. The summed E-state index contributed by atoms with van der Waals surface area (Å²) in [7, 11) is -0.361. The van der Waals surface area contributed by atoms with E-state index in [2.05, 4.69) is 10.6 Å². The van der Waals surface area contributed by atoms with Crippen LogP contribution in [-0.4, -0.2) is 40.9 Å². The number of rotatable bonds is 7. The van der Waals surface area contributed by atoms with E-state index in [1.165, 1.54) is 23.5 Å². The summed E-state index contributed by atoms with van der Waals surface area (Å²) < 4.78 is 32.8. The average molecular weight is 481 g/mol. The molecule has 3 aromatic rings. The van der Waals surface area contributed by atoms with Gasteiger partial charge >= 0.3 is 0 Å². The van der Waals surface area contributed by atoms with Crippen molar-refractivity contribution >= 4 is 57.9 Å². The number of para-hydroxylation sites is 1. The summed E-state index contributed by atoms with van der Waals surface area (Å²) in [5.41, 5.74) is 2.41. The molecule has 2 N–H and O–H groups in total. The Hall–Kier alpha value is -3.37. The van der Waals surface area contributed by atoms with Crippen LogP contribution in [0.25, 0.3) is 0 Å². The molecule has 0 aliphatic rings. The second-order valence-corrected chi connectivity index (χ2v) is 9.41. The van der Waals surface area contributed by atoms with E-state index in [1.807, 2.05) is 20.0 Å². The molecule has 0 saturated heterocycles. The molecule has 0 fully saturated rings. The van der Waals surface area contributed by atoms with Crippen LogP contribution in [0.3, 0.4) is 0 Å². The second-order valence-electron chi connectivity index (χ2n) is 7.14. The van der Waals surface area contributed by atoms with Crippen molar-refractivity contribution in [3.05, 3.63) is 78.4 Å². The van der Waals surface area contributed by atoms with Crippen LogP contribution >= 0.6 is 12.2 Å². The van der Waals surface area contributed by atoms with Gasteiger partial charge in [0.1, 0.15) is 13.6 Å². The number of ether oxygens (including phenoxy) is 1. The van der Waals surface area contributed by atoms with E-state index in [4.69, 9.17) is 17.0 Å². The number of hydrogen-bond acceptors (Lipinski definition) is 5. The van der Waals surface area contributed by atoms with Crippen molar-refractivity contribution in [2.75, 3.05) is 23.3 Å². The van der Waals surface area contributed by atoms with Gasteiger partial charge in [0.15, 0.2) is 5.11 Å². The number of sulfonamides is 1. The van der Waals surface area contributed by atoms with Gasteiger partial charge in [0.25, 0.3) is 15.9 Å². The fraction of sp³-hybridized carbons (Fsp3) is 0.130. The molecule has 1 amide bonds. The highest BCUT2D eigenvalue weighted by Gasteiger charge is 2.23. The number of benzene rings is 3. The first-order valence-corrected chi connectivity index (χ1v) is 12.1. The molecule has 0 unspecified atom stereocenters. The van der Waals surface area contributed by atoms with Gasteiger partial charge in [0.2, 0.25) is 0 Å². The van der Waals surface area contributed by atoms with Gasteiger partial charge in [-0.3, -0.25) is 14.4 Å². The van der Waals surface area contributed by atoms with Crippen LogP contribution in [0.2, 0.25) is 0 Å². The summed E-state index contributed by atoms with van der Waals surface area (Å²) in [5.74, 6) is 0.0306. The summed E-state index contributed by atoms with van der Waals surface area (Å²) in [6.07, 6.45) is 0. The highest BCUT2D eigenvalue weighted by atomic mass is 32.2. The molecule has 3 rings (SSSR count). The van der Waals surface area contributed by atoms with Crippen molar-refractivity contribution in [1.29, 1.82) is 0 Å². The summed E-state index contributed by atoms with van der Waals surface area (Å²) in [4.78, 5) is 12.8. The number of nitrogens with zero attached hydrogens (tertiary/aromatic N) is 1. The first-order valence-electron chi connectivity index (χ1n) is 10.2. The maximum absolute atomic E-state index is 13.1. The van der Waals surface area contributed by atoms with Crippen molar-refractivity contribution in [2.45, 2.75) is 11.8 Å². The van der Waals surface area contributed by atoms with Gasteiger partial charge in [-0.15, -0.1) is 0 Å². The molecule has 0 saturated carbocycles. The topological polar surface area (TPSA) is 87.7 Å². The first-order chi connectivity index (χ1) is 15.8. The van der Waals surface area contributed by atoms with Crippen LogP contribution < -0.4 is 25.1 Å². The third-order valence-corrected chi connectivity index (χ3v) is 6.98. The molecule has 0 spiro atoms. The number of nitrogens with one attached hydrogen (secondary N) is 2. The minimum Gasteiger partial charge on any atom is -0.496 e. The first kappa shape index (κ1) is 24.3. The lowest BCUT2D eigenvalue weighted by Gasteiger charge is -2.23. The lowest BCUT2D eigenvalue weighted by Crippen LogP contribution is -2.34. The Kier molecular flexibility index (Phi) is 7.73. The number of methoxy groups -OCH3 is 1. The van der Waals surface area contributed by atoms with E-state index in [-0.39, 0.29) is 10.0 Å². The number of hydrogen-bond donors (Lipinski definition) is 2. The van der Waals surface area contributed by atoms with Crippen LogP contribution in [0.15, 0.2) is 77.7 Å². The normalized spacial score (nSPS) is 10.8. The number of carbonyl (C=O) groups is 1. The van der Waals surface area contributed by atoms with Gasteiger partial charge in [0.05, 0.1) is 23.3 Å². The predicted octanol–water partition coefficient (Wildman–Crippen LogP) is 2.30. The van der Waals surface area contributed by atoms with Crippen LogP contribution in [-0.2, 0) is 10.0 Å². The fourth-order valence-corrected chi connectivity index (χ4v) is 4.94. The van der Waals surface area contributed by atoms with Crippen molar-refractivity contribution < 1.29 is 17.9 Å². The maximum Gasteiger partial charge on any atom is 0.264 e. The summed E-state index contributed by atoms with van der Waals surface area (Å²) in [6, 6.07) is 20.4. The highest BCUT2D eigenvalue weighted by Crippen LogP contribution is 2.24. The van der Waals surface area contributed by atoms with E-state index in [1.54, 1.807) is 55.5 Å². The quantitative estimate of drug-likeness (QED) is 0.398. The lowest BCUT2D eigenvalue weighted by molar-refractivity contribution is 0.0975. The van der Waals surface area contributed by atoms with Crippen molar-refractivity contribution in [3.63, 3.8) is 0 Å². The zero-order chi connectivity index (χ0) is 24.0. The van der Waals surface area contributed by atoms with Crippen LogP contribution in [0.4, 0.5) is 11.4 Å². The van der Waals surface area contributed by atoms with Gasteiger partial charge in [-0.05, 0) is 61.6 Å². The molecule has 0 aliphatic carbocycles. The Morgan fingerprint density at radius 2 is 1.73 bits per heavy atom. The van der Waals surface area contributed by atoms with Crippen molar-refractivity contribution in [2.24, 2.45) is 0 Å². The largest absolute Gasteiger partial charge is 0.496 e. The number of amides is 1. The van der Waals surface area contributed by atoms with Gasteiger partial charge in [-0.1, -0.05) is 35.8 Å².